The average molecular weight is 267 g/mol. The molecule has 4 rings (SSSR count). The summed E-state index contributed by atoms with van der Waals surface area (Å²) in [6.07, 6.45) is 7.77. The Morgan fingerprint density at radius 2 is 1.65 bits per heavy atom. The van der Waals surface area contributed by atoms with E-state index in [1.807, 2.05) is 0 Å². The molecule has 2 heterocycles. The van der Waals surface area contributed by atoms with Crippen LogP contribution in [0.5, 0.6) is 0 Å². The van der Waals surface area contributed by atoms with Crippen molar-refractivity contribution in [2.24, 2.45) is 0 Å². The summed E-state index contributed by atoms with van der Waals surface area (Å²) < 4.78 is 0. The fourth-order valence-electron chi connectivity index (χ4n) is 3.61. The monoisotopic (exact) mass is 267 g/mol. The van der Waals surface area contributed by atoms with E-state index >= 15 is 0 Å². The van der Waals surface area contributed by atoms with Gasteiger partial charge in [0.2, 0.25) is 0 Å². The summed E-state index contributed by atoms with van der Waals surface area (Å²) >= 11 is 0. The second kappa shape index (κ2) is 5.04. The van der Waals surface area contributed by atoms with Crippen molar-refractivity contribution < 1.29 is 0 Å². The zero-order chi connectivity index (χ0) is 13.4. The van der Waals surface area contributed by atoms with Gasteiger partial charge in [0.05, 0.1) is 5.52 Å². The van der Waals surface area contributed by atoms with E-state index in [1.165, 1.54) is 49.7 Å². The molecule has 0 N–H and O–H groups in total. The van der Waals surface area contributed by atoms with Gasteiger partial charge in [0, 0.05) is 24.4 Å². The van der Waals surface area contributed by atoms with Gasteiger partial charge in [-0.05, 0) is 37.8 Å². The van der Waals surface area contributed by atoms with Crippen LogP contribution >= 0.6 is 0 Å². The van der Waals surface area contributed by atoms with Crippen LogP contribution in [0.25, 0.3) is 10.9 Å². The summed E-state index contributed by atoms with van der Waals surface area (Å²) in [6.45, 7) is 2.29. The third-order valence-corrected chi connectivity index (χ3v) is 4.73. The lowest BCUT2D eigenvalue weighted by molar-refractivity contribution is 0.670. The van der Waals surface area contributed by atoms with Gasteiger partial charge >= 0.3 is 0 Å². The Bertz CT molecular complexity index is 611. The van der Waals surface area contributed by atoms with Crippen molar-refractivity contribution in [3.05, 3.63) is 30.1 Å². The van der Waals surface area contributed by atoms with E-state index in [4.69, 9.17) is 9.97 Å². The van der Waals surface area contributed by atoms with Crippen molar-refractivity contribution in [1.29, 1.82) is 0 Å². The van der Waals surface area contributed by atoms with E-state index in [0.29, 0.717) is 5.92 Å². The quantitative estimate of drug-likeness (QED) is 0.826. The highest BCUT2D eigenvalue weighted by Gasteiger charge is 2.23. The molecule has 2 fully saturated rings. The molecule has 2 aliphatic rings. The molecule has 0 atom stereocenters. The minimum atomic E-state index is 0.584. The Morgan fingerprint density at radius 1 is 0.900 bits per heavy atom. The van der Waals surface area contributed by atoms with Gasteiger partial charge in [0.25, 0.3) is 0 Å². The Hall–Kier alpha value is -1.64. The van der Waals surface area contributed by atoms with Crippen LogP contribution in [-0.4, -0.2) is 23.1 Å². The second-order valence-corrected chi connectivity index (χ2v) is 6.10. The Labute approximate surface area is 120 Å². The molecule has 1 saturated heterocycles. The van der Waals surface area contributed by atoms with Gasteiger partial charge in [-0.1, -0.05) is 25.0 Å². The first-order valence-electron chi connectivity index (χ1n) is 7.93. The fourth-order valence-corrected chi connectivity index (χ4v) is 3.61. The van der Waals surface area contributed by atoms with Gasteiger partial charge in [-0.2, -0.15) is 0 Å². The van der Waals surface area contributed by atoms with Gasteiger partial charge in [-0.25, -0.2) is 9.97 Å². The molecule has 2 aromatic rings. The minimum Gasteiger partial charge on any atom is -0.356 e. The normalized spacial score (nSPS) is 20.1. The standard InChI is InChI=1S/C17H21N3/c1-2-8-13(7-1)16-18-15-10-4-3-9-14(15)17(19-16)20-11-5-6-12-20/h3-4,9-10,13H,1-2,5-8,11-12H2. The molecule has 1 saturated carbocycles. The van der Waals surface area contributed by atoms with Crippen LogP contribution in [0.15, 0.2) is 24.3 Å². The fraction of sp³-hybridized carbons (Fsp3) is 0.529. The first kappa shape index (κ1) is 12.1. The maximum absolute atomic E-state index is 4.98. The number of fused-ring (bicyclic) bond motifs is 1. The Balaban J connectivity index is 1.85. The zero-order valence-corrected chi connectivity index (χ0v) is 11.9. The van der Waals surface area contributed by atoms with E-state index in [9.17, 15) is 0 Å². The molecule has 0 unspecified atom stereocenters. The number of rotatable bonds is 2. The second-order valence-electron chi connectivity index (χ2n) is 6.10. The molecule has 3 heteroatoms. The highest BCUT2D eigenvalue weighted by Crippen LogP contribution is 2.35. The lowest BCUT2D eigenvalue weighted by Crippen LogP contribution is -2.20. The van der Waals surface area contributed by atoms with Crippen LogP contribution in [0.2, 0.25) is 0 Å². The zero-order valence-electron chi connectivity index (χ0n) is 11.9. The third kappa shape index (κ3) is 2.05. The van der Waals surface area contributed by atoms with Crippen LogP contribution in [0.1, 0.15) is 50.3 Å². The molecule has 1 aromatic heterocycles. The van der Waals surface area contributed by atoms with Gasteiger partial charge in [-0.3, -0.25) is 0 Å². The molecular weight excluding hydrogens is 246 g/mol. The summed E-state index contributed by atoms with van der Waals surface area (Å²) in [5.74, 6) is 2.85. The molecule has 0 spiro atoms. The number of para-hydroxylation sites is 1. The predicted octanol–water partition coefficient (Wildman–Crippen LogP) is 3.89. The number of anilines is 1. The van der Waals surface area contributed by atoms with Crippen molar-refractivity contribution in [1.82, 2.24) is 9.97 Å². The molecule has 1 aliphatic heterocycles. The average Bonchev–Trinajstić information content (AvgIpc) is 3.19. The van der Waals surface area contributed by atoms with Crippen LogP contribution < -0.4 is 4.90 Å². The van der Waals surface area contributed by atoms with E-state index in [2.05, 4.69) is 29.2 Å². The van der Waals surface area contributed by atoms with Crippen molar-refractivity contribution in [2.45, 2.75) is 44.4 Å². The highest BCUT2D eigenvalue weighted by atomic mass is 15.2. The van der Waals surface area contributed by atoms with Crippen LogP contribution in [-0.2, 0) is 0 Å². The summed E-state index contributed by atoms with van der Waals surface area (Å²) in [5, 5.41) is 1.22. The Morgan fingerprint density at radius 3 is 2.45 bits per heavy atom. The van der Waals surface area contributed by atoms with E-state index < -0.39 is 0 Å². The predicted molar refractivity (Wildman–Crippen MR) is 82.2 cm³/mol. The molecule has 0 amide bonds. The number of nitrogens with zero attached hydrogens (tertiary/aromatic N) is 3. The Kier molecular flexibility index (Phi) is 3.06. The molecule has 1 aromatic carbocycles. The van der Waals surface area contributed by atoms with Crippen molar-refractivity contribution >= 4 is 16.7 Å². The summed E-state index contributed by atoms with van der Waals surface area (Å²) in [7, 11) is 0. The maximum atomic E-state index is 4.98. The number of hydrogen-bond donors (Lipinski definition) is 0. The molecule has 0 bridgehead atoms. The maximum Gasteiger partial charge on any atom is 0.140 e. The van der Waals surface area contributed by atoms with Crippen molar-refractivity contribution in [2.75, 3.05) is 18.0 Å². The third-order valence-electron chi connectivity index (χ3n) is 4.73. The molecule has 104 valence electrons. The van der Waals surface area contributed by atoms with Crippen LogP contribution in [0.4, 0.5) is 5.82 Å². The van der Waals surface area contributed by atoms with Crippen LogP contribution in [0.3, 0.4) is 0 Å². The number of hydrogen-bond acceptors (Lipinski definition) is 3. The first-order chi connectivity index (χ1) is 9.92. The molecule has 3 nitrogen and oxygen atoms in total. The lowest BCUT2D eigenvalue weighted by atomic mass is 10.1. The van der Waals surface area contributed by atoms with Crippen LogP contribution in [0, 0.1) is 0 Å². The first-order valence-corrected chi connectivity index (χ1v) is 7.93. The molecule has 20 heavy (non-hydrogen) atoms. The van der Waals surface area contributed by atoms with Gasteiger partial charge in [-0.15, -0.1) is 0 Å². The van der Waals surface area contributed by atoms with Gasteiger partial charge in [0.15, 0.2) is 0 Å². The van der Waals surface area contributed by atoms with Crippen molar-refractivity contribution in [3.63, 3.8) is 0 Å². The van der Waals surface area contributed by atoms with Gasteiger partial charge in [0.1, 0.15) is 11.6 Å². The number of aromatic nitrogens is 2. The molecular formula is C17H21N3. The largest absolute Gasteiger partial charge is 0.356 e. The smallest absolute Gasteiger partial charge is 0.140 e. The van der Waals surface area contributed by atoms with E-state index in [-0.39, 0.29) is 0 Å². The molecule has 0 radical (unpaired) electrons. The topological polar surface area (TPSA) is 29.0 Å². The van der Waals surface area contributed by atoms with Gasteiger partial charge < -0.3 is 4.90 Å². The SMILES string of the molecule is c1ccc2c(N3CCCC3)nc(C3CCCC3)nc2c1. The summed E-state index contributed by atoms with van der Waals surface area (Å²) in [4.78, 5) is 12.3. The summed E-state index contributed by atoms with van der Waals surface area (Å²) in [6, 6.07) is 8.48. The van der Waals surface area contributed by atoms with Crippen molar-refractivity contribution in [3.8, 4) is 0 Å². The number of benzene rings is 1. The minimum absolute atomic E-state index is 0.584. The van der Waals surface area contributed by atoms with E-state index in [0.717, 1.165) is 24.4 Å². The molecule has 1 aliphatic carbocycles. The highest BCUT2D eigenvalue weighted by molar-refractivity contribution is 5.89. The summed E-state index contributed by atoms with van der Waals surface area (Å²) in [5.41, 5.74) is 1.12. The van der Waals surface area contributed by atoms with E-state index in [1.54, 1.807) is 0 Å². The lowest BCUT2D eigenvalue weighted by Gasteiger charge is -2.20.